The molecule has 0 aliphatic heterocycles. The van der Waals surface area contributed by atoms with Crippen LogP contribution in [0.2, 0.25) is 0 Å². The van der Waals surface area contributed by atoms with Gasteiger partial charge in [0.15, 0.2) is 0 Å². The first kappa shape index (κ1) is 14.2. The molecule has 0 radical (unpaired) electrons. The lowest BCUT2D eigenvalue weighted by Crippen LogP contribution is -2.27. The molecular weight excluding hydrogens is 210 g/mol. The summed E-state index contributed by atoms with van der Waals surface area (Å²) in [7, 11) is 1.74. The fourth-order valence-corrected chi connectivity index (χ4v) is 1.92. The molecule has 1 rings (SSSR count). The van der Waals surface area contributed by atoms with E-state index in [1.807, 2.05) is 0 Å². The van der Waals surface area contributed by atoms with Crippen LogP contribution in [0.25, 0.3) is 0 Å². The van der Waals surface area contributed by atoms with E-state index in [1.165, 1.54) is 24.0 Å². The van der Waals surface area contributed by atoms with Gasteiger partial charge in [0.1, 0.15) is 0 Å². The van der Waals surface area contributed by atoms with Crippen LogP contribution >= 0.6 is 0 Å². The summed E-state index contributed by atoms with van der Waals surface area (Å²) in [5.74, 6) is 0. The van der Waals surface area contributed by atoms with E-state index in [2.05, 4.69) is 43.4 Å². The second-order valence-corrected chi connectivity index (χ2v) is 4.65. The van der Waals surface area contributed by atoms with Gasteiger partial charge in [-0.25, -0.2) is 0 Å². The summed E-state index contributed by atoms with van der Waals surface area (Å²) < 4.78 is 5.15. The van der Waals surface area contributed by atoms with Crippen LogP contribution in [-0.2, 0) is 17.8 Å². The van der Waals surface area contributed by atoms with Gasteiger partial charge in [0.25, 0.3) is 0 Å². The van der Waals surface area contributed by atoms with Crippen molar-refractivity contribution in [2.75, 3.05) is 13.7 Å². The van der Waals surface area contributed by atoms with Crippen LogP contribution in [0, 0.1) is 0 Å². The predicted octanol–water partition coefficient (Wildman–Crippen LogP) is 3.15. The molecule has 96 valence electrons. The van der Waals surface area contributed by atoms with Crippen molar-refractivity contribution in [3.63, 3.8) is 0 Å². The van der Waals surface area contributed by atoms with Crippen molar-refractivity contribution in [2.45, 2.75) is 45.8 Å². The minimum Gasteiger partial charge on any atom is -0.380 e. The molecular formula is C15H25NO. The standard InChI is InChI=1S/C15H25NO/c1-4-10-16-13(2)8-9-14-6-5-7-15(11-14)12-17-3/h5-7,11,13,16H,4,8-10,12H2,1-3H3. The van der Waals surface area contributed by atoms with Gasteiger partial charge in [-0.1, -0.05) is 31.2 Å². The van der Waals surface area contributed by atoms with E-state index in [0.717, 1.165) is 13.0 Å². The molecule has 0 aliphatic rings. The Labute approximate surface area is 105 Å². The molecule has 0 bridgehead atoms. The topological polar surface area (TPSA) is 21.3 Å². The molecule has 2 nitrogen and oxygen atoms in total. The number of nitrogens with one attached hydrogen (secondary N) is 1. The molecule has 0 spiro atoms. The van der Waals surface area contributed by atoms with E-state index >= 15 is 0 Å². The molecule has 1 aromatic carbocycles. The third-order valence-electron chi connectivity index (χ3n) is 2.91. The first-order chi connectivity index (χ1) is 8.26. The average molecular weight is 235 g/mol. The van der Waals surface area contributed by atoms with Crippen molar-refractivity contribution in [1.82, 2.24) is 5.32 Å². The predicted molar refractivity (Wildman–Crippen MR) is 73.2 cm³/mol. The molecule has 1 atom stereocenters. The van der Waals surface area contributed by atoms with Gasteiger partial charge in [0, 0.05) is 13.2 Å². The molecule has 0 fully saturated rings. The molecule has 2 heteroatoms. The summed E-state index contributed by atoms with van der Waals surface area (Å²) in [4.78, 5) is 0. The van der Waals surface area contributed by atoms with Crippen LogP contribution in [-0.4, -0.2) is 19.7 Å². The Hall–Kier alpha value is -0.860. The van der Waals surface area contributed by atoms with E-state index in [0.29, 0.717) is 12.6 Å². The number of ether oxygens (including phenoxy) is 1. The van der Waals surface area contributed by atoms with Gasteiger partial charge in [-0.05, 0) is 43.9 Å². The number of rotatable bonds is 8. The van der Waals surface area contributed by atoms with Crippen molar-refractivity contribution < 1.29 is 4.74 Å². The largest absolute Gasteiger partial charge is 0.380 e. The smallest absolute Gasteiger partial charge is 0.0713 e. The zero-order valence-electron chi connectivity index (χ0n) is 11.3. The van der Waals surface area contributed by atoms with Crippen LogP contribution in [0.1, 0.15) is 37.8 Å². The van der Waals surface area contributed by atoms with E-state index in [-0.39, 0.29) is 0 Å². The maximum absolute atomic E-state index is 5.15. The zero-order chi connectivity index (χ0) is 12.5. The highest BCUT2D eigenvalue weighted by molar-refractivity contribution is 5.23. The van der Waals surface area contributed by atoms with Crippen LogP contribution in [0.3, 0.4) is 0 Å². The van der Waals surface area contributed by atoms with Gasteiger partial charge in [-0.3, -0.25) is 0 Å². The second-order valence-electron chi connectivity index (χ2n) is 4.65. The van der Waals surface area contributed by atoms with Crippen molar-refractivity contribution in [3.05, 3.63) is 35.4 Å². The summed E-state index contributed by atoms with van der Waals surface area (Å²) in [6.07, 6.45) is 3.53. The van der Waals surface area contributed by atoms with E-state index in [9.17, 15) is 0 Å². The molecule has 0 heterocycles. The summed E-state index contributed by atoms with van der Waals surface area (Å²) in [5, 5.41) is 3.52. The summed E-state index contributed by atoms with van der Waals surface area (Å²) >= 11 is 0. The van der Waals surface area contributed by atoms with E-state index < -0.39 is 0 Å². The molecule has 1 unspecified atom stereocenters. The van der Waals surface area contributed by atoms with Crippen molar-refractivity contribution in [2.24, 2.45) is 0 Å². The van der Waals surface area contributed by atoms with Crippen molar-refractivity contribution in [1.29, 1.82) is 0 Å². The van der Waals surface area contributed by atoms with Gasteiger partial charge in [0.2, 0.25) is 0 Å². The van der Waals surface area contributed by atoms with Crippen molar-refractivity contribution >= 4 is 0 Å². The first-order valence-electron chi connectivity index (χ1n) is 6.56. The highest BCUT2D eigenvalue weighted by atomic mass is 16.5. The van der Waals surface area contributed by atoms with Gasteiger partial charge < -0.3 is 10.1 Å². The number of hydrogen-bond donors (Lipinski definition) is 1. The number of benzene rings is 1. The highest BCUT2D eigenvalue weighted by Crippen LogP contribution is 2.09. The molecule has 1 aromatic rings. The summed E-state index contributed by atoms with van der Waals surface area (Å²) in [6, 6.07) is 9.28. The molecule has 0 aliphatic carbocycles. The monoisotopic (exact) mass is 235 g/mol. The Morgan fingerprint density at radius 3 is 2.76 bits per heavy atom. The van der Waals surface area contributed by atoms with Gasteiger partial charge in [-0.15, -0.1) is 0 Å². The van der Waals surface area contributed by atoms with Crippen LogP contribution in [0.5, 0.6) is 0 Å². The quantitative estimate of drug-likeness (QED) is 0.747. The third kappa shape index (κ3) is 5.85. The van der Waals surface area contributed by atoms with E-state index in [1.54, 1.807) is 7.11 Å². The zero-order valence-corrected chi connectivity index (χ0v) is 11.3. The molecule has 0 saturated carbocycles. The van der Waals surface area contributed by atoms with Gasteiger partial charge >= 0.3 is 0 Å². The lowest BCUT2D eigenvalue weighted by atomic mass is 10.0. The number of aryl methyl sites for hydroxylation is 1. The average Bonchev–Trinajstić information content (AvgIpc) is 2.35. The Balaban J connectivity index is 2.37. The maximum Gasteiger partial charge on any atom is 0.0713 e. The summed E-state index contributed by atoms with van der Waals surface area (Å²) in [6.45, 7) is 6.28. The first-order valence-corrected chi connectivity index (χ1v) is 6.56. The lowest BCUT2D eigenvalue weighted by molar-refractivity contribution is 0.185. The Bertz CT molecular complexity index is 312. The number of hydrogen-bond acceptors (Lipinski definition) is 2. The number of methoxy groups -OCH3 is 1. The third-order valence-corrected chi connectivity index (χ3v) is 2.91. The van der Waals surface area contributed by atoms with Crippen LogP contribution in [0.4, 0.5) is 0 Å². The Kier molecular flexibility index (Phi) is 6.90. The molecule has 0 saturated heterocycles. The second kappa shape index (κ2) is 8.26. The molecule has 0 aromatic heterocycles. The Morgan fingerprint density at radius 2 is 2.06 bits per heavy atom. The highest BCUT2D eigenvalue weighted by Gasteiger charge is 2.02. The minimum atomic E-state index is 0.598. The summed E-state index contributed by atoms with van der Waals surface area (Å²) in [5.41, 5.74) is 2.67. The molecule has 17 heavy (non-hydrogen) atoms. The minimum absolute atomic E-state index is 0.598. The van der Waals surface area contributed by atoms with Crippen LogP contribution < -0.4 is 5.32 Å². The molecule has 0 amide bonds. The lowest BCUT2D eigenvalue weighted by Gasteiger charge is -2.13. The van der Waals surface area contributed by atoms with E-state index in [4.69, 9.17) is 4.74 Å². The van der Waals surface area contributed by atoms with Crippen LogP contribution in [0.15, 0.2) is 24.3 Å². The van der Waals surface area contributed by atoms with Gasteiger partial charge in [-0.2, -0.15) is 0 Å². The van der Waals surface area contributed by atoms with Crippen molar-refractivity contribution in [3.8, 4) is 0 Å². The SMILES string of the molecule is CCCNC(C)CCc1cccc(COC)c1. The normalized spacial score (nSPS) is 12.6. The Morgan fingerprint density at radius 1 is 1.29 bits per heavy atom. The fourth-order valence-electron chi connectivity index (χ4n) is 1.92. The maximum atomic E-state index is 5.15. The van der Waals surface area contributed by atoms with Gasteiger partial charge in [0.05, 0.1) is 6.61 Å². The fraction of sp³-hybridized carbons (Fsp3) is 0.600. The molecule has 1 N–H and O–H groups in total.